The highest BCUT2D eigenvalue weighted by molar-refractivity contribution is 7.09. The zero-order valence-corrected chi connectivity index (χ0v) is 18.3. The summed E-state index contributed by atoms with van der Waals surface area (Å²) in [7, 11) is 0. The monoisotopic (exact) mass is 386 g/mol. The second kappa shape index (κ2) is 13.1. The van der Waals surface area contributed by atoms with Crippen LogP contribution in [0.5, 0.6) is 0 Å². The van der Waals surface area contributed by atoms with Gasteiger partial charge in [0.1, 0.15) is 0 Å². The molecule has 0 aliphatic heterocycles. The molecule has 2 rings (SSSR count). The Kier molecular flexibility index (Phi) is 10.7. The Morgan fingerprint density at radius 1 is 0.630 bits per heavy atom. The van der Waals surface area contributed by atoms with Gasteiger partial charge in [0.2, 0.25) is 0 Å². The summed E-state index contributed by atoms with van der Waals surface area (Å²) in [6, 6.07) is 4.34. The predicted molar refractivity (Wildman–Crippen MR) is 122 cm³/mol. The fourth-order valence-electron chi connectivity index (χ4n) is 3.83. The van der Waals surface area contributed by atoms with Crippen LogP contribution in [0.1, 0.15) is 102 Å². The Bertz CT molecular complexity index is 659. The highest BCUT2D eigenvalue weighted by Crippen LogP contribution is 2.21. The summed E-state index contributed by atoms with van der Waals surface area (Å²) in [6.07, 6.45) is 17.2. The number of unbranched alkanes of at least 4 members (excludes halogenated alkanes) is 10. The van der Waals surface area contributed by atoms with Crippen LogP contribution in [0.15, 0.2) is 27.7 Å². The normalized spacial score (nSPS) is 11.3. The van der Waals surface area contributed by atoms with Crippen LogP contribution in [0.3, 0.4) is 0 Å². The van der Waals surface area contributed by atoms with Gasteiger partial charge in [0, 0.05) is 11.1 Å². The molecule has 1 aromatic heterocycles. The average Bonchev–Trinajstić information content (AvgIpc) is 3.06. The summed E-state index contributed by atoms with van der Waals surface area (Å²) < 4.78 is 0. The fraction of sp³-hybridized carbons (Fsp3) is 0.640. The summed E-state index contributed by atoms with van der Waals surface area (Å²) in [6.45, 7) is 4.51. The van der Waals surface area contributed by atoms with Crippen molar-refractivity contribution in [2.75, 3.05) is 0 Å². The van der Waals surface area contributed by atoms with Crippen molar-refractivity contribution in [3.05, 3.63) is 44.2 Å². The van der Waals surface area contributed by atoms with E-state index in [1.54, 1.807) is 11.3 Å². The molecule has 0 unspecified atom stereocenters. The average molecular weight is 387 g/mol. The number of hydrogen-bond donors (Lipinski definition) is 0. The van der Waals surface area contributed by atoms with E-state index in [0.717, 1.165) is 36.8 Å². The first-order valence-electron chi connectivity index (χ1n) is 11.3. The van der Waals surface area contributed by atoms with Crippen LogP contribution >= 0.6 is 11.3 Å². The lowest BCUT2D eigenvalue weighted by Gasteiger charge is -2.03. The molecule has 0 bridgehead atoms. The van der Waals surface area contributed by atoms with Gasteiger partial charge >= 0.3 is 0 Å². The van der Waals surface area contributed by atoms with Crippen LogP contribution in [0.4, 0.5) is 0 Å². The first kappa shape index (κ1) is 22.1. The number of thiophene rings is 1. The van der Waals surface area contributed by atoms with Gasteiger partial charge in [0.05, 0.1) is 0 Å². The maximum atomic E-state index is 13.1. The lowest BCUT2D eigenvalue weighted by atomic mass is 10.0. The van der Waals surface area contributed by atoms with E-state index in [9.17, 15) is 4.79 Å². The Morgan fingerprint density at radius 3 is 1.48 bits per heavy atom. The maximum absolute atomic E-state index is 13.1. The first-order valence-corrected chi connectivity index (χ1v) is 12.2. The van der Waals surface area contributed by atoms with Gasteiger partial charge in [-0.1, -0.05) is 78.1 Å². The largest absolute Gasteiger partial charge is 0.289 e. The molecule has 2 heteroatoms. The Labute approximate surface area is 170 Å². The smallest absolute Gasteiger partial charge is 0.185 e. The fourth-order valence-corrected chi connectivity index (χ4v) is 4.60. The lowest BCUT2D eigenvalue weighted by molar-refractivity contribution is 0.604. The number of aryl methyl sites for hydroxylation is 2. The van der Waals surface area contributed by atoms with Crippen molar-refractivity contribution in [2.24, 2.45) is 0 Å². The number of fused-ring (bicyclic) bond motifs is 1. The molecule has 1 nitrogen and oxygen atoms in total. The van der Waals surface area contributed by atoms with Crippen LogP contribution in [-0.4, -0.2) is 0 Å². The molecule has 1 aromatic carbocycles. The summed E-state index contributed by atoms with van der Waals surface area (Å²) in [5.74, 6) is 0. The maximum Gasteiger partial charge on any atom is 0.185 e. The number of rotatable bonds is 14. The van der Waals surface area contributed by atoms with Crippen LogP contribution in [0.25, 0.3) is 10.8 Å². The Hall–Kier alpha value is -1.15. The zero-order chi connectivity index (χ0) is 19.3. The molecule has 150 valence electrons. The van der Waals surface area contributed by atoms with Crippen LogP contribution < -0.4 is 5.43 Å². The Balaban J connectivity index is 2.00. The second-order valence-corrected chi connectivity index (χ2v) is 8.73. The van der Waals surface area contributed by atoms with Gasteiger partial charge < -0.3 is 0 Å². The van der Waals surface area contributed by atoms with Crippen molar-refractivity contribution in [2.45, 2.75) is 104 Å². The van der Waals surface area contributed by atoms with E-state index in [4.69, 9.17) is 0 Å². The molecule has 0 radical (unpaired) electrons. The lowest BCUT2D eigenvalue weighted by Crippen LogP contribution is -2.11. The molecule has 27 heavy (non-hydrogen) atoms. The van der Waals surface area contributed by atoms with E-state index in [0.29, 0.717) is 5.43 Å². The summed E-state index contributed by atoms with van der Waals surface area (Å²) >= 11 is 1.74. The summed E-state index contributed by atoms with van der Waals surface area (Å²) in [5, 5.41) is 6.86. The van der Waals surface area contributed by atoms with Gasteiger partial charge in [-0.05, 0) is 59.3 Å². The van der Waals surface area contributed by atoms with Gasteiger partial charge in [-0.2, -0.15) is 11.3 Å². The van der Waals surface area contributed by atoms with E-state index >= 15 is 0 Å². The van der Waals surface area contributed by atoms with Crippen molar-refractivity contribution in [1.29, 1.82) is 0 Å². The summed E-state index contributed by atoms with van der Waals surface area (Å²) in [4.78, 5) is 13.1. The molecule has 0 spiro atoms. The minimum absolute atomic E-state index is 0.318. The molecule has 0 saturated heterocycles. The van der Waals surface area contributed by atoms with Gasteiger partial charge in [0.15, 0.2) is 5.43 Å². The molecule has 0 aliphatic carbocycles. The molecule has 0 saturated carbocycles. The minimum Gasteiger partial charge on any atom is -0.289 e. The first-order chi connectivity index (χ1) is 13.3. The van der Waals surface area contributed by atoms with Crippen LogP contribution in [-0.2, 0) is 12.8 Å². The molecular weight excluding hydrogens is 348 g/mol. The quantitative estimate of drug-likeness (QED) is 0.300. The van der Waals surface area contributed by atoms with E-state index in [2.05, 4.69) is 36.7 Å². The third-order valence-corrected chi connectivity index (χ3v) is 6.35. The van der Waals surface area contributed by atoms with Crippen LogP contribution in [0.2, 0.25) is 0 Å². The van der Waals surface area contributed by atoms with Gasteiger partial charge in [-0.15, -0.1) is 0 Å². The minimum atomic E-state index is 0.318. The van der Waals surface area contributed by atoms with Crippen molar-refractivity contribution < 1.29 is 0 Å². The molecule has 2 aromatic rings. The predicted octanol–water partition coefficient (Wildman–Crippen LogP) is 8.07. The topological polar surface area (TPSA) is 17.1 Å². The van der Waals surface area contributed by atoms with E-state index in [1.807, 2.05) is 0 Å². The Morgan fingerprint density at radius 2 is 1.04 bits per heavy atom. The zero-order valence-electron chi connectivity index (χ0n) is 17.5. The van der Waals surface area contributed by atoms with Crippen molar-refractivity contribution in [3.63, 3.8) is 0 Å². The molecule has 0 fully saturated rings. The molecule has 0 amide bonds. The SMILES string of the molecule is CCCCCCCCc1cc2cscc2cc(CCCCCCCC)c1=O. The van der Waals surface area contributed by atoms with E-state index < -0.39 is 0 Å². The van der Waals surface area contributed by atoms with E-state index in [1.165, 1.54) is 75.0 Å². The van der Waals surface area contributed by atoms with Crippen molar-refractivity contribution in [3.8, 4) is 0 Å². The molecule has 0 N–H and O–H groups in total. The second-order valence-electron chi connectivity index (χ2n) is 7.99. The molecule has 0 aliphatic rings. The highest BCUT2D eigenvalue weighted by Gasteiger charge is 2.07. The summed E-state index contributed by atoms with van der Waals surface area (Å²) in [5.41, 5.74) is 2.40. The third kappa shape index (κ3) is 7.78. The number of hydrogen-bond acceptors (Lipinski definition) is 2. The van der Waals surface area contributed by atoms with Gasteiger partial charge in [-0.3, -0.25) is 4.79 Å². The van der Waals surface area contributed by atoms with Crippen molar-refractivity contribution >= 4 is 22.1 Å². The highest BCUT2D eigenvalue weighted by atomic mass is 32.1. The standard InChI is InChI=1S/C25H38OS/c1-3-5-7-9-11-13-15-21-17-23-19-27-20-24(23)18-22(25(21)26)16-14-12-10-8-6-4-2/h17-20H,3-16H2,1-2H3. The van der Waals surface area contributed by atoms with E-state index in [-0.39, 0.29) is 0 Å². The molecule has 0 atom stereocenters. The van der Waals surface area contributed by atoms with Crippen LogP contribution in [0, 0.1) is 0 Å². The van der Waals surface area contributed by atoms with Gasteiger partial charge in [0.25, 0.3) is 0 Å². The van der Waals surface area contributed by atoms with Gasteiger partial charge in [-0.25, -0.2) is 0 Å². The molecule has 1 heterocycles. The molecular formula is C25H38OS. The third-order valence-electron chi connectivity index (χ3n) is 5.57. The van der Waals surface area contributed by atoms with Crippen molar-refractivity contribution in [1.82, 2.24) is 0 Å².